The molecule has 1 unspecified atom stereocenters. The molecule has 0 aliphatic heterocycles. The van der Waals surface area contributed by atoms with E-state index in [1.807, 2.05) is 19.9 Å². The average molecular weight is 503 g/mol. The summed E-state index contributed by atoms with van der Waals surface area (Å²) in [6.45, 7) is 5.25. The summed E-state index contributed by atoms with van der Waals surface area (Å²) < 4.78 is 80.9. The monoisotopic (exact) mass is 503 g/mol. The van der Waals surface area contributed by atoms with Gasteiger partial charge in [0.25, 0.3) is 0 Å². The van der Waals surface area contributed by atoms with Crippen molar-refractivity contribution < 1.29 is 31.1 Å². The lowest BCUT2D eigenvalue weighted by Gasteiger charge is -2.20. The summed E-state index contributed by atoms with van der Waals surface area (Å²) in [5.74, 6) is -0.632. The van der Waals surface area contributed by atoms with Crippen LogP contribution in [0.4, 0.5) is 26.3 Å². The minimum absolute atomic E-state index is 0.0893. The Morgan fingerprint density at radius 2 is 1.25 bits per heavy atom. The SMILES string of the molecule is CC(=O)C(CC(C)C)c1cc(-c2ccc(C#N)cc2)cc(-c2cc(C(F)(F)F)cc(C(F)(F)F)c2)c1. The molecular weight excluding hydrogens is 480 g/mol. The van der Waals surface area contributed by atoms with Crippen LogP contribution in [0, 0.1) is 17.2 Å². The van der Waals surface area contributed by atoms with Crippen LogP contribution in [0.2, 0.25) is 0 Å². The lowest BCUT2D eigenvalue weighted by atomic mass is 9.84. The van der Waals surface area contributed by atoms with E-state index >= 15 is 0 Å². The lowest BCUT2D eigenvalue weighted by Crippen LogP contribution is -2.12. The van der Waals surface area contributed by atoms with E-state index < -0.39 is 29.4 Å². The highest BCUT2D eigenvalue weighted by Gasteiger charge is 2.37. The number of alkyl halides is 6. The normalized spacial score (nSPS) is 12.9. The van der Waals surface area contributed by atoms with Gasteiger partial charge in [0.2, 0.25) is 0 Å². The van der Waals surface area contributed by atoms with Gasteiger partial charge in [-0.1, -0.05) is 38.1 Å². The summed E-state index contributed by atoms with van der Waals surface area (Å²) in [5.41, 5.74) is -0.965. The Balaban J connectivity index is 2.31. The Bertz CT molecular complexity index is 1270. The van der Waals surface area contributed by atoms with Crippen molar-refractivity contribution in [3.63, 3.8) is 0 Å². The first-order valence-electron chi connectivity index (χ1n) is 11.1. The molecule has 1 atom stereocenters. The highest BCUT2D eigenvalue weighted by atomic mass is 19.4. The number of hydrogen-bond donors (Lipinski definition) is 0. The van der Waals surface area contributed by atoms with Gasteiger partial charge in [-0.15, -0.1) is 0 Å². The van der Waals surface area contributed by atoms with Gasteiger partial charge in [-0.25, -0.2) is 0 Å². The van der Waals surface area contributed by atoms with Gasteiger partial charge in [0.15, 0.2) is 0 Å². The maximum Gasteiger partial charge on any atom is 0.416 e. The maximum atomic E-state index is 13.5. The van der Waals surface area contributed by atoms with Gasteiger partial charge in [-0.2, -0.15) is 31.6 Å². The second-order valence-electron chi connectivity index (χ2n) is 9.12. The third-order valence-electron chi connectivity index (χ3n) is 5.82. The summed E-state index contributed by atoms with van der Waals surface area (Å²) >= 11 is 0. The highest BCUT2D eigenvalue weighted by molar-refractivity contribution is 5.85. The molecule has 0 aliphatic rings. The molecule has 3 rings (SSSR count). The fourth-order valence-corrected chi connectivity index (χ4v) is 4.05. The number of Topliss-reactive ketones (excluding diaryl/α,β-unsaturated/α-hetero) is 1. The molecule has 0 fully saturated rings. The second-order valence-corrected chi connectivity index (χ2v) is 9.12. The third-order valence-corrected chi connectivity index (χ3v) is 5.82. The molecule has 0 amide bonds. The molecule has 36 heavy (non-hydrogen) atoms. The van der Waals surface area contributed by atoms with E-state index in [4.69, 9.17) is 5.26 Å². The molecule has 0 saturated heterocycles. The van der Waals surface area contributed by atoms with Gasteiger partial charge in [0.05, 0.1) is 22.8 Å². The molecule has 0 aliphatic carbocycles. The zero-order valence-corrected chi connectivity index (χ0v) is 19.8. The van der Waals surface area contributed by atoms with Gasteiger partial charge < -0.3 is 0 Å². The van der Waals surface area contributed by atoms with Crippen molar-refractivity contribution in [3.8, 4) is 28.3 Å². The molecule has 0 saturated carbocycles. The standard InChI is InChI=1S/C28H23F6NO/c1-16(2)8-26(17(3)36)23-10-20(19-6-4-18(15-35)5-7-19)9-21(11-23)22-12-24(27(29,30)31)14-25(13-22)28(32,33)34/h4-7,9-14,16,26H,8H2,1-3H3. The van der Waals surface area contributed by atoms with E-state index in [9.17, 15) is 31.1 Å². The molecular formula is C28H23F6NO. The van der Waals surface area contributed by atoms with E-state index in [-0.39, 0.29) is 28.9 Å². The van der Waals surface area contributed by atoms with Crippen molar-refractivity contribution in [2.24, 2.45) is 5.92 Å². The fourth-order valence-electron chi connectivity index (χ4n) is 4.05. The van der Waals surface area contributed by atoms with E-state index in [2.05, 4.69) is 0 Å². The van der Waals surface area contributed by atoms with Crippen LogP contribution in [0.25, 0.3) is 22.3 Å². The summed E-state index contributed by atoms with van der Waals surface area (Å²) in [7, 11) is 0. The van der Waals surface area contributed by atoms with Gasteiger partial charge in [-0.3, -0.25) is 4.79 Å². The highest BCUT2D eigenvalue weighted by Crippen LogP contribution is 2.40. The number of nitrogens with zero attached hydrogens (tertiary/aromatic N) is 1. The molecule has 2 nitrogen and oxygen atoms in total. The molecule has 3 aromatic carbocycles. The second kappa shape index (κ2) is 10.2. The molecule has 0 bridgehead atoms. The number of carbonyl (C=O) groups is 1. The molecule has 0 radical (unpaired) electrons. The van der Waals surface area contributed by atoms with Gasteiger partial charge in [0.1, 0.15) is 5.78 Å². The molecule has 0 N–H and O–H groups in total. The third kappa shape index (κ3) is 6.34. The molecule has 8 heteroatoms. The number of halogens is 6. The average Bonchev–Trinajstić information content (AvgIpc) is 2.80. The largest absolute Gasteiger partial charge is 0.416 e. The Hall–Kier alpha value is -3.60. The van der Waals surface area contributed by atoms with Gasteiger partial charge in [0, 0.05) is 5.92 Å². The Kier molecular flexibility index (Phi) is 7.63. The van der Waals surface area contributed by atoms with Crippen LogP contribution in [0.3, 0.4) is 0 Å². The van der Waals surface area contributed by atoms with Gasteiger partial charge in [-0.05, 0) is 83.5 Å². The van der Waals surface area contributed by atoms with Crippen molar-refractivity contribution >= 4 is 5.78 Å². The predicted octanol–water partition coefficient (Wildman–Crippen LogP) is 8.65. The fraction of sp³-hybridized carbons (Fsp3) is 0.286. The van der Waals surface area contributed by atoms with Crippen LogP contribution in [-0.2, 0) is 17.1 Å². The Morgan fingerprint density at radius 3 is 1.67 bits per heavy atom. The smallest absolute Gasteiger partial charge is 0.299 e. The van der Waals surface area contributed by atoms with E-state index in [1.54, 1.807) is 30.3 Å². The van der Waals surface area contributed by atoms with Crippen molar-refractivity contribution in [1.29, 1.82) is 5.26 Å². The van der Waals surface area contributed by atoms with Crippen molar-refractivity contribution in [2.45, 2.75) is 45.5 Å². The number of nitriles is 1. The minimum atomic E-state index is -4.98. The van der Waals surface area contributed by atoms with Gasteiger partial charge >= 0.3 is 12.4 Å². The molecule has 0 spiro atoms. The first kappa shape index (κ1) is 27.0. The van der Waals surface area contributed by atoms with Crippen molar-refractivity contribution in [1.82, 2.24) is 0 Å². The summed E-state index contributed by atoms with van der Waals surface area (Å²) in [5, 5.41) is 9.07. The van der Waals surface area contributed by atoms with Crippen LogP contribution in [0.15, 0.2) is 60.7 Å². The summed E-state index contributed by atoms with van der Waals surface area (Å²) in [6.07, 6.45) is -9.51. The van der Waals surface area contributed by atoms with E-state index in [0.29, 0.717) is 40.8 Å². The topological polar surface area (TPSA) is 40.9 Å². The zero-order chi connectivity index (χ0) is 26.8. The zero-order valence-electron chi connectivity index (χ0n) is 19.8. The first-order valence-corrected chi connectivity index (χ1v) is 11.1. The quantitative estimate of drug-likeness (QED) is 0.316. The summed E-state index contributed by atoms with van der Waals surface area (Å²) in [6, 6.07) is 14.5. The number of ketones is 1. The van der Waals surface area contributed by atoms with Crippen LogP contribution >= 0.6 is 0 Å². The molecule has 0 aromatic heterocycles. The lowest BCUT2D eigenvalue weighted by molar-refractivity contribution is -0.143. The first-order chi connectivity index (χ1) is 16.7. The Morgan fingerprint density at radius 1 is 0.778 bits per heavy atom. The number of benzene rings is 3. The van der Waals surface area contributed by atoms with E-state index in [0.717, 1.165) is 0 Å². The van der Waals surface area contributed by atoms with Crippen LogP contribution < -0.4 is 0 Å². The van der Waals surface area contributed by atoms with Crippen LogP contribution in [-0.4, -0.2) is 5.78 Å². The Labute approximate surface area is 205 Å². The number of rotatable bonds is 6. The minimum Gasteiger partial charge on any atom is -0.299 e. The predicted molar refractivity (Wildman–Crippen MR) is 125 cm³/mol. The van der Waals surface area contributed by atoms with E-state index in [1.165, 1.54) is 19.1 Å². The van der Waals surface area contributed by atoms with Crippen molar-refractivity contribution in [2.75, 3.05) is 0 Å². The molecule has 188 valence electrons. The summed E-state index contributed by atoms with van der Waals surface area (Å²) in [4.78, 5) is 12.5. The number of hydrogen-bond acceptors (Lipinski definition) is 2. The number of carbonyl (C=O) groups excluding carboxylic acids is 1. The molecule has 0 heterocycles. The maximum absolute atomic E-state index is 13.5. The van der Waals surface area contributed by atoms with Crippen molar-refractivity contribution in [3.05, 3.63) is 82.9 Å². The van der Waals surface area contributed by atoms with Crippen LogP contribution in [0.5, 0.6) is 0 Å². The molecule has 3 aromatic rings. The van der Waals surface area contributed by atoms with Crippen LogP contribution in [0.1, 0.15) is 55.4 Å².